The number of amides is 1. The third kappa shape index (κ3) is 5.86. The van der Waals surface area contributed by atoms with Crippen molar-refractivity contribution in [1.29, 1.82) is 0 Å². The van der Waals surface area contributed by atoms with Gasteiger partial charge in [-0.15, -0.1) is 0 Å². The normalized spacial score (nSPS) is 11.3. The van der Waals surface area contributed by atoms with Crippen molar-refractivity contribution in [2.75, 3.05) is 0 Å². The van der Waals surface area contributed by atoms with Crippen LogP contribution in [0.15, 0.2) is 74.9 Å². The number of nitrogens with one attached hydrogen (secondary N) is 1. The third-order valence-corrected chi connectivity index (χ3v) is 7.62. The Morgan fingerprint density at radius 2 is 1.71 bits per heavy atom. The van der Waals surface area contributed by atoms with Crippen LogP contribution in [0, 0.1) is 0 Å². The molecule has 0 atom stereocenters. The number of fused-ring (bicyclic) bond motifs is 1. The zero-order valence-corrected chi connectivity index (χ0v) is 22.7. The van der Waals surface area contributed by atoms with Gasteiger partial charge in [0.05, 0.1) is 15.6 Å². The molecule has 35 heavy (non-hydrogen) atoms. The number of hydrogen-bond donors (Lipinski definition) is 2. The van der Waals surface area contributed by atoms with Gasteiger partial charge in [-0.2, -0.15) is 0 Å². The molecule has 1 aromatic heterocycles. The highest BCUT2D eigenvalue weighted by Crippen LogP contribution is 2.38. The minimum absolute atomic E-state index is 0.0425. The van der Waals surface area contributed by atoms with Crippen LogP contribution < -0.4 is 5.32 Å². The largest absolute Gasteiger partial charge is 0.477 e. The van der Waals surface area contributed by atoms with Crippen molar-refractivity contribution < 1.29 is 14.7 Å². The molecule has 0 spiro atoms. The van der Waals surface area contributed by atoms with Crippen LogP contribution in [0.2, 0.25) is 10.0 Å². The molecule has 0 aliphatic heterocycles. The lowest BCUT2D eigenvalue weighted by atomic mass is 10.1. The highest BCUT2D eigenvalue weighted by molar-refractivity contribution is 9.10. The van der Waals surface area contributed by atoms with Gasteiger partial charge in [-0.25, -0.2) is 4.79 Å². The van der Waals surface area contributed by atoms with Crippen molar-refractivity contribution in [3.8, 4) is 0 Å². The molecular weight excluding hydrogens is 571 g/mol. The Balaban J connectivity index is 1.70. The van der Waals surface area contributed by atoms with Gasteiger partial charge < -0.3 is 15.0 Å². The van der Waals surface area contributed by atoms with Gasteiger partial charge in [-0.3, -0.25) is 4.79 Å². The molecule has 9 heteroatoms. The molecule has 0 aliphatic carbocycles. The smallest absolute Gasteiger partial charge is 0.352 e. The van der Waals surface area contributed by atoms with Gasteiger partial charge in [0.1, 0.15) is 5.69 Å². The average Bonchev–Trinajstić information content (AvgIpc) is 3.15. The van der Waals surface area contributed by atoms with Crippen LogP contribution in [0.3, 0.4) is 0 Å². The van der Waals surface area contributed by atoms with Gasteiger partial charge in [0.25, 0.3) is 5.91 Å². The molecule has 0 radical (unpaired) electrons. The van der Waals surface area contributed by atoms with Gasteiger partial charge in [0, 0.05) is 37.8 Å². The van der Waals surface area contributed by atoms with E-state index in [1.807, 2.05) is 44.2 Å². The maximum Gasteiger partial charge on any atom is 0.352 e. The summed E-state index contributed by atoms with van der Waals surface area (Å²) in [6.07, 6.45) is 0. The van der Waals surface area contributed by atoms with Gasteiger partial charge in [0.15, 0.2) is 0 Å². The van der Waals surface area contributed by atoms with Gasteiger partial charge in [-0.1, -0.05) is 63.0 Å². The molecule has 4 aromatic rings. The van der Waals surface area contributed by atoms with Gasteiger partial charge in [-0.05, 0) is 67.9 Å². The van der Waals surface area contributed by atoms with Crippen molar-refractivity contribution in [3.63, 3.8) is 0 Å². The van der Waals surface area contributed by atoms with Gasteiger partial charge in [0.2, 0.25) is 0 Å². The molecule has 1 heterocycles. The first-order valence-corrected chi connectivity index (χ1v) is 13.1. The van der Waals surface area contributed by atoms with Crippen molar-refractivity contribution in [1.82, 2.24) is 9.88 Å². The fourth-order valence-corrected chi connectivity index (χ4v) is 5.67. The molecule has 5 nitrogen and oxygen atoms in total. The molecule has 0 bridgehead atoms. The number of hydrogen-bond acceptors (Lipinski definition) is 3. The molecule has 0 fully saturated rings. The summed E-state index contributed by atoms with van der Waals surface area (Å²) < 4.78 is 2.56. The number of benzene rings is 3. The SMILES string of the molecule is CC(C)NC(=O)c1ccc(Cn2c(C(=O)O)cc3c(Br)cc(Sc4ccc(Cl)c(Cl)c4)cc32)cc1. The molecule has 4 rings (SSSR count). The Morgan fingerprint density at radius 1 is 1.00 bits per heavy atom. The summed E-state index contributed by atoms with van der Waals surface area (Å²) in [6, 6.07) is 18.2. The van der Waals surface area contributed by atoms with Crippen LogP contribution in [0.4, 0.5) is 0 Å². The summed E-state index contributed by atoms with van der Waals surface area (Å²) in [5.41, 5.74) is 2.39. The van der Waals surface area contributed by atoms with E-state index in [1.54, 1.807) is 34.9 Å². The van der Waals surface area contributed by atoms with Crippen LogP contribution in [0.25, 0.3) is 10.9 Å². The van der Waals surface area contributed by atoms with Crippen LogP contribution in [0.5, 0.6) is 0 Å². The van der Waals surface area contributed by atoms with E-state index in [1.165, 1.54) is 11.8 Å². The summed E-state index contributed by atoms with van der Waals surface area (Å²) >= 11 is 17.3. The zero-order chi connectivity index (χ0) is 25.3. The second-order valence-electron chi connectivity index (χ2n) is 8.26. The van der Waals surface area contributed by atoms with Crippen molar-refractivity contribution in [2.45, 2.75) is 36.2 Å². The Labute approximate surface area is 225 Å². The van der Waals surface area contributed by atoms with Crippen LogP contribution in [-0.4, -0.2) is 27.6 Å². The Kier molecular flexibility index (Phi) is 7.81. The number of halogens is 3. The highest BCUT2D eigenvalue weighted by Gasteiger charge is 2.18. The molecule has 0 unspecified atom stereocenters. The predicted molar refractivity (Wildman–Crippen MR) is 145 cm³/mol. The van der Waals surface area contributed by atoms with Crippen molar-refractivity contribution in [2.24, 2.45) is 0 Å². The summed E-state index contributed by atoms with van der Waals surface area (Å²) in [5, 5.41) is 14.5. The third-order valence-electron chi connectivity index (χ3n) is 5.27. The fourth-order valence-electron chi connectivity index (χ4n) is 3.66. The zero-order valence-electron chi connectivity index (χ0n) is 18.8. The minimum Gasteiger partial charge on any atom is -0.477 e. The second kappa shape index (κ2) is 10.7. The first-order valence-electron chi connectivity index (χ1n) is 10.7. The molecule has 180 valence electrons. The first-order chi connectivity index (χ1) is 16.6. The van der Waals surface area contributed by atoms with E-state index in [0.29, 0.717) is 22.2 Å². The number of rotatable bonds is 7. The van der Waals surface area contributed by atoms with E-state index in [2.05, 4.69) is 21.2 Å². The van der Waals surface area contributed by atoms with Crippen molar-refractivity contribution >= 4 is 73.7 Å². The number of nitrogens with zero attached hydrogens (tertiary/aromatic N) is 1. The number of aromatic carboxylic acids is 1. The topological polar surface area (TPSA) is 71.3 Å². The Bertz CT molecular complexity index is 1440. The molecule has 0 saturated carbocycles. The molecule has 1 amide bonds. The Morgan fingerprint density at radius 3 is 2.34 bits per heavy atom. The summed E-state index contributed by atoms with van der Waals surface area (Å²) in [5.74, 6) is -1.16. The van der Waals surface area contributed by atoms with Gasteiger partial charge >= 0.3 is 5.97 Å². The Hall–Kier alpha value is -2.45. The van der Waals surface area contributed by atoms with Crippen LogP contribution in [0.1, 0.15) is 40.3 Å². The molecule has 0 saturated heterocycles. The van der Waals surface area contributed by atoms with Crippen LogP contribution >= 0.6 is 50.9 Å². The summed E-state index contributed by atoms with van der Waals surface area (Å²) in [7, 11) is 0. The quantitative estimate of drug-likeness (QED) is 0.230. The van der Waals surface area contributed by atoms with Crippen LogP contribution in [-0.2, 0) is 6.54 Å². The molecule has 3 aromatic carbocycles. The number of carbonyl (C=O) groups is 2. The monoisotopic (exact) mass is 590 g/mol. The molecule has 0 aliphatic rings. The van der Waals surface area contributed by atoms with E-state index < -0.39 is 5.97 Å². The van der Waals surface area contributed by atoms with E-state index in [9.17, 15) is 14.7 Å². The standard InChI is InChI=1S/C26H21BrCl2N2O3S/c1-14(2)30-25(32)16-5-3-15(4-6-16)13-31-23-11-18(35-17-7-8-21(28)22(29)10-17)9-20(27)19(23)12-24(31)26(33)34/h3-12,14H,13H2,1-2H3,(H,30,32)(H,33,34). The van der Waals surface area contributed by atoms with E-state index >= 15 is 0 Å². The predicted octanol–water partition coefficient (Wildman–Crippen LogP) is 7.75. The van der Waals surface area contributed by atoms with E-state index in [0.717, 1.165) is 30.7 Å². The summed E-state index contributed by atoms with van der Waals surface area (Å²) in [4.78, 5) is 26.1. The maximum atomic E-state index is 12.2. The lowest BCUT2D eigenvalue weighted by Crippen LogP contribution is -2.30. The number of carbonyl (C=O) groups excluding carboxylic acids is 1. The molecular formula is C26H21BrCl2N2O3S. The minimum atomic E-state index is -1.01. The fraction of sp³-hybridized carbons (Fsp3) is 0.154. The number of carboxylic acids is 1. The lowest BCUT2D eigenvalue weighted by molar-refractivity contribution is 0.0686. The first kappa shape index (κ1) is 25.6. The van der Waals surface area contributed by atoms with E-state index in [-0.39, 0.29) is 17.6 Å². The molecule has 2 N–H and O–H groups in total. The number of carboxylic acid groups (broad SMARTS) is 1. The maximum absolute atomic E-state index is 12.2. The highest BCUT2D eigenvalue weighted by atomic mass is 79.9. The second-order valence-corrected chi connectivity index (χ2v) is 11.1. The summed E-state index contributed by atoms with van der Waals surface area (Å²) in [6.45, 7) is 4.15. The number of aromatic nitrogens is 1. The van der Waals surface area contributed by atoms with E-state index in [4.69, 9.17) is 23.2 Å². The lowest BCUT2D eigenvalue weighted by Gasteiger charge is -2.12. The average molecular weight is 592 g/mol. The van der Waals surface area contributed by atoms with Crippen molar-refractivity contribution in [3.05, 3.63) is 92.0 Å².